The van der Waals surface area contributed by atoms with Crippen LogP contribution in [0.1, 0.15) is 5.56 Å². The molecule has 0 saturated heterocycles. The molecule has 2 aromatic rings. The molecule has 0 aliphatic carbocycles. The quantitative estimate of drug-likeness (QED) is 0.883. The van der Waals surface area contributed by atoms with Crippen molar-refractivity contribution in [1.29, 1.82) is 0 Å². The topological polar surface area (TPSA) is 38.9 Å². The average molecular weight is 245 g/mol. The van der Waals surface area contributed by atoms with E-state index >= 15 is 0 Å². The predicted molar refractivity (Wildman–Crippen MR) is 69.0 cm³/mol. The van der Waals surface area contributed by atoms with Gasteiger partial charge in [0.2, 0.25) is 0 Å². The molecule has 0 spiro atoms. The first-order chi connectivity index (χ1) is 6.42. The van der Waals surface area contributed by atoms with E-state index in [-0.39, 0.29) is 24.8 Å². The standard InChI is InChI=1S/C11H12N2.2ClH/c12-7-5-9-6-8-13-11-4-2-1-3-10(9)11;;/h1-4,6,8H,5,7,12H2;2*1H. The molecule has 15 heavy (non-hydrogen) atoms. The lowest BCUT2D eigenvalue weighted by Gasteiger charge is -2.03. The number of para-hydroxylation sites is 1. The van der Waals surface area contributed by atoms with Crippen molar-refractivity contribution in [3.63, 3.8) is 0 Å². The second kappa shape index (κ2) is 6.62. The molecule has 0 radical (unpaired) electrons. The van der Waals surface area contributed by atoms with Crippen LogP contribution in [-0.2, 0) is 6.42 Å². The number of nitrogens with zero attached hydrogens (tertiary/aromatic N) is 1. The van der Waals surface area contributed by atoms with Gasteiger partial charge in [-0.2, -0.15) is 0 Å². The van der Waals surface area contributed by atoms with Gasteiger partial charge in [-0.1, -0.05) is 18.2 Å². The normalized spacial score (nSPS) is 9.13. The highest BCUT2D eigenvalue weighted by atomic mass is 35.5. The molecule has 82 valence electrons. The highest BCUT2D eigenvalue weighted by Gasteiger charge is 1.98. The van der Waals surface area contributed by atoms with Gasteiger partial charge in [0.05, 0.1) is 5.52 Å². The molecule has 2 rings (SSSR count). The maximum atomic E-state index is 5.53. The summed E-state index contributed by atoms with van der Waals surface area (Å²) in [5, 5.41) is 1.22. The van der Waals surface area contributed by atoms with Gasteiger partial charge in [-0.05, 0) is 30.7 Å². The molecule has 1 heterocycles. The third kappa shape index (κ3) is 3.06. The summed E-state index contributed by atoms with van der Waals surface area (Å²) < 4.78 is 0. The van der Waals surface area contributed by atoms with Gasteiger partial charge in [-0.3, -0.25) is 4.98 Å². The molecule has 0 unspecified atom stereocenters. The van der Waals surface area contributed by atoms with Crippen molar-refractivity contribution in [1.82, 2.24) is 4.98 Å². The molecule has 0 bridgehead atoms. The van der Waals surface area contributed by atoms with E-state index in [0.29, 0.717) is 6.54 Å². The van der Waals surface area contributed by atoms with Gasteiger partial charge in [-0.15, -0.1) is 24.8 Å². The van der Waals surface area contributed by atoms with Gasteiger partial charge in [-0.25, -0.2) is 0 Å². The van der Waals surface area contributed by atoms with E-state index in [1.165, 1.54) is 10.9 Å². The number of aromatic nitrogens is 1. The lowest BCUT2D eigenvalue weighted by molar-refractivity contribution is 0.975. The second-order valence-electron chi connectivity index (χ2n) is 3.03. The van der Waals surface area contributed by atoms with Crippen LogP contribution in [0.2, 0.25) is 0 Å². The fourth-order valence-electron chi connectivity index (χ4n) is 1.53. The van der Waals surface area contributed by atoms with E-state index in [4.69, 9.17) is 5.73 Å². The van der Waals surface area contributed by atoms with Crippen LogP contribution < -0.4 is 5.73 Å². The number of benzene rings is 1. The van der Waals surface area contributed by atoms with Gasteiger partial charge < -0.3 is 5.73 Å². The minimum absolute atomic E-state index is 0. The van der Waals surface area contributed by atoms with Gasteiger partial charge in [0.15, 0.2) is 0 Å². The summed E-state index contributed by atoms with van der Waals surface area (Å²) >= 11 is 0. The van der Waals surface area contributed by atoms with Crippen LogP contribution in [0, 0.1) is 0 Å². The first-order valence-corrected chi connectivity index (χ1v) is 4.44. The molecule has 0 fully saturated rings. The van der Waals surface area contributed by atoms with Crippen molar-refractivity contribution in [2.45, 2.75) is 6.42 Å². The monoisotopic (exact) mass is 244 g/mol. The summed E-state index contributed by atoms with van der Waals surface area (Å²) in [6.45, 7) is 0.688. The predicted octanol–water partition coefficient (Wildman–Crippen LogP) is 2.58. The number of fused-ring (bicyclic) bond motifs is 1. The Morgan fingerprint density at radius 3 is 2.53 bits per heavy atom. The number of pyridine rings is 1. The van der Waals surface area contributed by atoms with Crippen molar-refractivity contribution in [3.8, 4) is 0 Å². The first kappa shape index (κ1) is 14.2. The Balaban J connectivity index is 0.000000980. The van der Waals surface area contributed by atoms with Crippen LogP contribution in [-0.4, -0.2) is 11.5 Å². The Hall–Kier alpha value is -0.830. The van der Waals surface area contributed by atoms with Crippen molar-refractivity contribution < 1.29 is 0 Å². The first-order valence-electron chi connectivity index (χ1n) is 4.44. The zero-order valence-corrected chi connectivity index (χ0v) is 9.85. The molecule has 2 N–H and O–H groups in total. The molecular formula is C11H14Cl2N2. The third-order valence-corrected chi connectivity index (χ3v) is 2.15. The van der Waals surface area contributed by atoms with Crippen LogP contribution in [0.25, 0.3) is 10.9 Å². The van der Waals surface area contributed by atoms with E-state index in [9.17, 15) is 0 Å². The van der Waals surface area contributed by atoms with Gasteiger partial charge >= 0.3 is 0 Å². The number of nitrogens with two attached hydrogens (primary N) is 1. The van der Waals surface area contributed by atoms with Gasteiger partial charge in [0.1, 0.15) is 0 Å². The van der Waals surface area contributed by atoms with E-state index in [0.717, 1.165) is 11.9 Å². The smallest absolute Gasteiger partial charge is 0.0704 e. The van der Waals surface area contributed by atoms with Crippen LogP contribution in [0.5, 0.6) is 0 Å². The molecule has 0 saturated carbocycles. The Labute approximate surface area is 102 Å². The SMILES string of the molecule is Cl.Cl.NCCc1ccnc2ccccc12. The summed E-state index contributed by atoms with van der Waals surface area (Å²) in [7, 11) is 0. The lowest BCUT2D eigenvalue weighted by Crippen LogP contribution is -2.03. The molecule has 1 aromatic carbocycles. The fraction of sp³-hybridized carbons (Fsp3) is 0.182. The number of halogens is 2. The molecule has 1 aromatic heterocycles. The summed E-state index contributed by atoms with van der Waals surface area (Å²) in [6.07, 6.45) is 2.76. The van der Waals surface area contributed by atoms with Crippen LogP contribution in [0.3, 0.4) is 0 Å². The lowest BCUT2D eigenvalue weighted by atomic mass is 10.1. The molecule has 0 amide bonds. The zero-order chi connectivity index (χ0) is 9.10. The van der Waals surface area contributed by atoms with Gasteiger partial charge in [0, 0.05) is 11.6 Å². The molecule has 2 nitrogen and oxygen atoms in total. The summed E-state index contributed by atoms with van der Waals surface area (Å²) in [5.41, 5.74) is 7.87. The number of rotatable bonds is 2. The molecule has 0 atom stereocenters. The number of hydrogen-bond donors (Lipinski definition) is 1. The third-order valence-electron chi connectivity index (χ3n) is 2.15. The Kier molecular flexibility index (Phi) is 6.25. The van der Waals surface area contributed by atoms with Crippen molar-refractivity contribution in [2.24, 2.45) is 5.73 Å². The average Bonchev–Trinajstić information content (AvgIpc) is 2.19. The molecular weight excluding hydrogens is 231 g/mol. The van der Waals surface area contributed by atoms with E-state index in [2.05, 4.69) is 11.1 Å². The zero-order valence-electron chi connectivity index (χ0n) is 8.22. The van der Waals surface area contributed by atoms with E-state index in [1.54, 1.807) is 0 Å². The Bertz CT molecular complexity index is 413. The van der Waals surface area contributed by atoms with Crippen LogP contribution >= 0.6 is 24.8 Å². The largest absolute Gasteiger partial charge is 0.330 e. The number of hydrogen-bond acceptors (Lipinski definition) is 2. The van der Waals surface area contributed by atoms with E-state index in [1.807, 2.05) is 30.5 Å². The second-order valence-corrected chi connectivity index (χ2v) is 3.03. The van der Waals surface area contributed by atoms with Crippen LogP contribution in [0.15, 0.2) is 36.5 Å². The maximum absolute atomic E-state index is 5.53. The van der Waals surface area contributed by atoms with Crippen molar-refractivity contribution >= 4 is 35.7 Å². The van der Waals surface area contributed by atoms with Crippen LogP contribution in [0.4, 0.5) is 0 Å². The van der Waals surface area contributed by atoms with Crippen molar-refractivity contribution in [2.75, 3.05) is 6.54 Å². The Morgan fingerprint density at radius 2 is 1.80 bits per heavy atom. The Morgan fingerprint density at radius 1 is 1.07 bits per heavy atom. The highest BCUT2D eigenvalue weighted by Crippen LogP contribution is 2.15. The molecule has 0 aliphatic rings. The fourth-order valence-corrected chi connectivity index (χ4v) is 1.53. The molecule has 4 heteroatoms. The summed E-state index contributed by atoms with van der Waals surface area (Å²) in [6, 6.07) is 10.2. The van der Waals surface area contributed by atoms with Crippen molar-refractivity contribution in [3.05, 3.63) is 42.1 Å². The van der Waals surface area contributed by atoms with E-state index < -0.39 is 0 Å². The summed E-state index contributed by atoms with van der Waals surface area (Å²) in [5.74, 6) is 0. The maximum Gasteiger partial charge on any atom is 0.0704 e. The molecule has 0 aliphatic heterocycles. The minimum Gasteiger partial charge on any atom is -0.330 e. The summed E-state index contributed by atoms with van der Waals surface area (Å²) in [4.78, 5) is 4.28. The minimum atomic E-state index is 0. The highest BCUT2D eigenvalue weighted by molar-refractivity contribution is 5.85. The van der Waals surface area contributed by atoms with Gasteiger partial charge in [0.25, 0.3) is 0 Å².